The van der Waals surface area contributed by atoms with Crippen LogP contribution in [0.3, 0.4) is 0 Å². The van der Waals surface area contributed by atoms with Gasteiger partial charge in [-0.15, -0.1) is 0 Å². The Balaban J connectivity index is 2.29. The van der Waals surface area contributed by atoms with Crippen LogP contribution in [0.15, 0.2) is 0 Å². The van der Waals surface area contributed by atoms with E-state index in [9.17, 15) is 9.59 Å². The highest BCUT2D eigenvalue weighted by Crippen LogP contribution is 2.25. The van der Waals surface area contributed by atoms with Crippen molar-refractivity contribution in [3.8, 4) is 0 Å². The quantitative estimate of drug-likeness (QED) is 0.641. The summed E-state index contributed by atoms with van der Waals surface area (Å²) in [6.45, 7) is 6.80. The van der Waals surface area contributed by atoms with Gasteiger partial charge in [0.1, 0.15) is 0 Å². The molecule has 0 radical (unpaired) electrons. The van der Waals surface area contributed by atoms with Crippen molar-refractivity contribution >= 4 is 22.8 Å². The Morgan fingerprint density at radius 3 is 2.79 bits per heavy atom. The smallest absolute Gasteiger partial charge is 0.223 e. The first-order valence-corrected chi connectivity index (χ1v) is 8.46. The molecule has 0 spiro atoms. The molecule has 1 heterocycles. The molecule has 2 atom stereocenters. The zero-order valence-electron chi connectivity index (χ0n) is 12.5. The summed E-state index contributed by atoms with van der Waals surface area (Å²) in [4.78, 5) is 25.0. The van der Waals surface area contributed by atoms with E-state index in [0.717, 1.165) is 18.7 Å². The van der Waals surface area contributed by atoms with Crippen LogP contribution < -0.4 is 0 Å². The third-order valence-electron chi connectivity index (χ3n) is 3.77. The number of rotatable bonds is 8. The maximum absolute atomic E-state index is 12.0. The van der Waals surface area contributed by atoms with Gasteiger partial charge in [-0.3, -0.25) is 9.59 Å². The van der Waals surface area contributed by atoms with Crippen LogP contribution >= 0.6 is 11.8 Å². The summed E-state index contributed by atoms with van der Waals surface area (Å²) in [6, 6.07) is 0.358. The summed E-state index contributed by atoms with van der Waals surface area (Å²) in [5.74, 6) is 1.43. The third kappa shape index (κ3) is 5.98. The first kappa shape index (κ1) is 16.5. The van der Waals surface area contributed by atoms with Gasteiger partial charge in [0.2, 0.25) is 5.91 Å². The average Bonchev–Trinajstić information content (AvgIpc) is 2.73. The highest BCUT2D eigenvalue weighted by Gasteiger charge is 2.32. The maximum Gasteiger partial charge on any atom is 0.223 e. The van der Waals surface area contributed by atoms with Gasteiger partial charge in [-0.05, 0) is 19.3 Å². The third-order valence-corrected chi connectivity index (χ3v) is 4.81. The molecule has 0 aromatic carbocycles. The van der Waals surface area contributed by atoms with Crippen LogP contribution in [0.4, 0.5) is 0 Å². The van der Waals surface area contributed by atoms with Crippen molar-refractivity contribution in [2.24, 2.45) is 5.92 Å². The summed E-state index contributed by atoms with van der Waals surface area (Å²) >= 11 is 1.35. The number of carbonyl (C=O) groups is 2. The fourth-order valence-corrected chi connectivity index (χ4v) is 3.30. The molecule has 110 valence electrons. The Hall–Kier alpha value is -0.510. The SMILES string of the molecule is CCCCCCC(C)N1CC(CSC(C)=O)CC1=O. The van der Waals surface area contributed by atoms with Crippen molar-refractivity contribution < 1.29 is 9.59 Å². The molecular formula is C15H27NO2S. The molecule has 19 heavy (non-hydrogen) atoms. The lowest BCUT2D eigenvalue weighted by Crippen LogP contribution is -2.34. The first-order chi connectivity index (χ1) is 9.04. The number of thioether (sulfide) groups is 1. The Kier molecular flexibility index (Phi) is 7.51. The van der Waals surface area contributed by atoms with E-state index in [4.69, 9.17) is 0 Å². The van der Waals surface area contributed by atoms with E-state index in [-0.39, 0.29) is 11.0 Å². The molecule has 0 aromatic heterocycles. The largest absolute Gasteiger partial charge is 0.340 e. The number of nitrogens with zero attached hydrogens (tertiary/aromatic N) is 1. The molecule has 1 fully saturated rings. The number of unbranched alkanes of at least 4 members (excludes halogenated alkanes) is 3. The minimum Gasteiger partial charge on any atom is -0.340 e. The van der Waals surface area contributed by atoms with E-state index in [1.54, 1.807) is 6.92 Å². The molecule has 1 saturated heterocycles. The lowest BCUT2D eigenvalue weighted by atomic mass is 10.1. The lowest BCUT2D eigenvalue weighted by Gasteiger charge is -2.24. The molecule has 0 aromatic rings. The number of hydrogen-bond acceptors (Lipinski definition) is 3. The second-order valence-electron chi connectivity index (χ2n) is 5.62. The molecule has 1 rings (SSSR count). The lowest BCUT2D eigenvalue weighted by molar-refractivity contribution is -0.129. The van der Waals surface area contributed by atoms with E-state index in [2.05, 4.69) is 13.8 Å². The summed E-state index contributed by atoms with van der Waals surface area (Å²) < 4.78 is 0. The van der Waals surface area contributed by atoms with Gasteiger partial charge in [0, 0.05) is 31.7 Å². The Morgan fingerprint density at radius 2 is 2.16 bits per heavy atom. The Bertz CT molecular complexity index is 307. The second kappa shape index (κ2) is 8.62. The van der Waals surface area contributed by atoms with Gasteiger partial charge in [0.15, 0.2) is 5.12 Å². The monoisotopic (exact) mass is 285 g/mol. The van der Waals surface area contributed by atoms with E-state index >= 15 is 0 Å². The molecular weight excluding hydrogens is 258 g/mol. The van der Waals surface area contributed by atoms with Gasteiger partial charge in [-0.2, -0.15) is 0 Å². The van der Waals surface area contributed by atoms with E-state index in [1.165, 1.54) is 37.4 Å². The van der Waals surface area contributed by atoms with Crippen LogP contribution in [0.5, 0.6) is 0 Å². The molecule has 0 aliphatic carbocycles. The topological polar surface area (TPSA) is 37.4 Å². The molecule has 0 saturated carbocycles. The standard InChI is InChI=1S/C15H27NO2S/c1-4-5-6-7-8-12(2)16-10-14(9-15(16)18)11-19-13(3)17/h12,14H,4-11H2,1-3H3. The Morgan fingerprint density at radius 1 is 1.42 bits per heavy atom. The summed E-state index contributed by atoms with van der Waals surface area (Å²) in [5.41, 5.74) is 0. The highest BCUT2D eigenvalue weighted by molar-refractivity contribution is 8.13. The Labute approximate surface area is 121 Å². The number of carbonyl (C=O) groups excluding carboxylic acids is 2. The molecule has 0 N–H and O–H groups in total. The molecule has 1 amide bonds. The predicted octanol–water partition coefficient (Wildman–Crippen LogP) is 3.47. The predicted molar refractivity (Wildman–Crippen MR) is 81.2 cm³/mol. The normalized spacial score (nSPS) is 20.9. The summed E-state index contributed by atoms with van der Waals surface area (Å²) in [5, 5.41) is 0.151. The fourth-order valence-electron chi connectivity index (χ4n) is 2.60. The summed E-state index contributed by atoms with van der Waals surface area (Å²) in [6.07, 6.45) is 6.76. The highest BCUT2D eigenvalue weighted by atomic mass is 32.2. The minimum absolute atomic E-state index is 0.151. The summed E-state index contributed by atoms with van der Waals surface area (Å²) in [7, 11) is 0. The van der Waals surface area contributed by atoms with Gasteiger partial charge >= 0.3 is 0 Å². The van der Waals surface area contributed by atoms with Crippen LogP contribution in [-0.4, -0.2) is 34.3 Å². The van der Waals surface area contributed by atoms with Crippen LogP contribution in [-0.2, 0) is 9.59 Å². The van der Waals surface area contributed by atoms with Crippen molar-refractivity contribution in [3.05, 3.63) is 0 Å². The molecule has 4 heteroatoms. The molecule has 0 bridgehead atoms. The van der Waals surface area contributed by atoms with Crippen molar-refractivity contribution in [3.63, 3.8) is 0 Å². The molecule has 1 aliphatic heterocycles. The molecule has 1 aliphatic rings. The average molecular weight is 285 g/mol. The van der Waals surface area contributed by atoms with Gasteiger partial charge < -0.3 is 4.90 Å². The van der Waals surface area contributed by atoms with Crippen molar-refractivity contribution in [1.82, 2.24) is 4.90 Å². The van der Waals surface area contributed by atoms with Crippen molar-refractivity contribution in [2.75, 3.05) is 12.3 Å². The number of likely N-dealkylation sites (tertiary alicyclic amines) is 1. The van der Waals surface area contributed by atoms with Gasteiger partial charge in [-0.1, -0.05) is 44.4 Å². The van der Waals surface area contributed by atoms with E-state index < -0.39 is 0 Å². The van der Waals surface area contributed by atoms with Crippen LogP contribution in [0, 0.1) is 5.92 Å². The van der Waals surface area contributed by atoms with E-state index in [0.29, 0.717) is 18.4 Å². The van der Waals surface area contributed by atoms with Crippen LogP contribution in [0.2, 0.25) is 0 Å². The fraction of sp³-hybridized carbons (Fsp3) is 0.867. The zero-order chi connectivity index (χ0) is 14.3. The maximum atomic E-state index is 12.0. The second-order valence-corrected chi connectivity index (χ2v) is 6.81. The number of amides is 1. The zero-order valence-corrected chi connectivity index (χ0v) is 13.3. The van der Waals surface area contributed by atoms with Crippen LogP contribution in [0.1, 0.15) is 59.3 Å². The number of hydrogen-bond donors (Lipinski definition) is 0. The molecule has 2 unspecified atom stereocenters. The van der Waals surface area contributed by atoms with Gasteiger partial charge in [0.25, 0.3) is 0 Å². The van der Waals surface area contributed by atoms with Crippen LogP contribution in [0.25, 0.3) is 0 Å². The minimum atomic E-state index is 0.151. The van der Waals surface area contributed by atoms with Gasteiger partial charge in [0.05, 0.1) is 0 Å². The first-order valence-electron chi connectivity index (χ1n) is 7.47. The van der Waals surface area contributed by atoms with E-state index in [1.807, 2.05) is 4.90 Å². The van der Waals surface area contributed by atoms with Gasteiger partial charge in [-0.25, -0.2) is 0 Å². The molecule has 3 nitrogen and oxygen atoms in total. The van der Waals surface area contributed by atoms with Crippen molar-refractivity contribution in [2.45, 2.75) is 65.3 Å². The van der Waals surface area contributed by atoms with Crippen molar-refractivity contribution in [1.29, 1.82) is 0 Å².